The Kier molecular flexibility index (Phi) is 4.98. The van der Waals surface area contributed by atoms with Gasteiger partial charge in [0.05, 0.1) is 5.69 Å². The highest BCUT2D eigenvalue weighted by Crippen LogP contribution is 2.34. The fourth-order valence-electron chi connectivity index (χ4n) is 4.84. The van der Waals surface area contributed by atoms with E-state index in [2.05, 4.69) is 27.5 Å². The minimum absolute atomic E-state index is 0.0894. The molecular weight excluding hydrogens is 390 g/mol. The standard InChI is InChI=1S/C24H27N5O2/c1-28-10-9-16(12-24(28)31)15-3-6-20(22(30)11-15)21-7-8-23(27-26-21)29(2)19-13-17-4-5-18(14-19)25-17/h3,6-12,17-19,25,30H,4-5,13-14H2,1-2H3/t17-,18?,19?/m1/s1. The highest BCUT2D eigenvalue weighted by atomic mass is 16.3. The first-order valence-electron chi connectivity index (χ1n) is 10.8. The first kappa shape index (κ1) is 19.8. The molecule has 2 unspecified atom stereocenters. The van der Waals surface area contributed by atoms with Gasteiger partial charge in [-0.25, -0.2) is 0 Å². The van der Waals surface area contributed by atoms with Crippen LogP contribution in [-0.4, -0.2) is 45.0 Å². The second kappa shape index (κ2) is 7.81. The summed E-state index contributed by atoms with van der Waals surface area (Å²) in [5.74, 6) is 0.967. The van der Waals surface area contributed by atoms with Gasteiger partial charge in [-0.15, -0.1) is 10.2 Å². The van der Waals surface area contributed by atoms with Crippen LogP contribution in [0.3, 0.4) is 0 Å². The number of nitrogens with one attached hydrogen (secondary N) is 1. The number of aryl methyl sites for hydroxylation is 1. The van der Waals surface area contributed by atoms with E-state index in [1.807, 2.05) is 30.3 Å². The Morgan fingerprint density at radius 1 is 1.03 bits per heavy atom. The molecule has 7 heteroatoms. The fourth-order valence-corrected chi connectivity index (χ4v) is 4.84. The zero-order chi connectivity index (χ0) is 21.5. The first-order valence-corrected chi connectivity index (χ1v) is 10.8. The lowest BCUT2D eigenvalue weighted by Crippen LogP contribution is -2.47. The Bertz CT molecular complexity index is 1150. The molecule has 5 rings (SSSR count). The number of hydrogen-bond acceptors (Lipinski definition) is 6. The van der Waals surface area contributed by atoms with Gasteiger partial charge in [-0.2, -0.15) is 0 Å². The monoisotopic (exact) mass is 417 g/mol. The normalized spacial score (nSPS) is 22.5. The molecule has 2 fully saturated rings. The molecule has 160 valence electrons. The largest absolute Gasteiger partial charge is 0.507 e. The molecular formula is C24H27N5O2. The highest BCUT2D eigenvalue weighted by molar-refractivity contribution is 5.74. The Balaban J connectivity index is 1.35. The molecule has 2 saturated heterocycles. The molecule has 0 radical (unpaired) electrons. The Hall–Kier alpha value is -3.19. The van der Waals surface area contributed by atoms with Crippen LogP contribution in [0.15, 0.2) is 53.5 Å². The van der Waals surface area contributed by atoms with Gasteiger partial charge in [-0.05, 0) is 67.1 Å². The van der Waals surface area contributed by atoms with Gasteiger partial charge in [0.1, 0.15) is 5.75 Å². The molecule has 0 amide bonds. The smallest absolute Gasteiger partial charge is 0.250 e. The number of benzene rings is 1. The maximum atomic E-state index is 11.9. The van der Waals surface area contributed by atoms with E-state index in [4.69, 9.17) is 0 Å². The lowest BCUT2D eigenvalue weighted by molar-refractivity contribution is 0.353. The molecule has 2 aliphatic rings. The van der Waals surface area contributed by atoms with Crippen LogP contribution in [0, 0.1) is 0 Å². The lowest BCUT2D eigenvalue weighted by atomic mass is 9.98. The van der Waals surface area contributed by atoms with Crippen LogP contribution in [-0.2, 0) is 7.05 Å². The van der Waals surface area contributed by atoms with E-state index in [0.717, 1.165) is 29.8 Å². The van der Waals surface area contributed by atoms with Crippen molar-refractivity contribution >= 4 is 5.82 Å². The van der Waals surface area contributed by atoms with E-state index in [1.165, 1.54) is 17.4 Å². The van der Waals surface area contributed by atoms with Crippen LogP contribution in [0.5, 0.6) is 5.75 Å². The van der Waals surface area contributed by atoms with Gasteiger partial charge in [-0.1, -0.05) is 6.07 Å². The lowest BCUT2D eigenvalue weighted by Gasteiger charge is -2.36. The molecule has 1 aromatic carbocycles. The van der Waals surface area contributed by atoms with Crippen LogP contribution in [0.4, 0.5) is 5.82 Å². The molecule has 2 bridgehead atoms. The van der Waals surface area contributed by atoms with Crippen molar-refractivity contribution in [2.45, 2.75) is 43.8 Å². The molecule has 2 aromatic heterocycles. The summed E-state index contributed by atoms with van der Waals surface area (Å²) in [6, 6.07) is 14.4. The minimum Gasteiger partial charge on any atom is -0.507 e. The molecule has 3 aromatic rings. The van der Waals surface area contributed by atoms with Gasteiger partial charge >= 0.3 is 0 Å². The summed E-state index contributed by atoms with van der Waals surface area (Å²) in [6.45, 7) is 0. The second-order valence-corrected chi connectivity index (χ2v) is 8.75. The van der Waals surface area contributed by atoms with Crippen LogP contribution in [0.2, 0.25) is 0 Å². The molecule has 2 aliphatic heterocycles. The zero-order valence-electron chi connectivity index (χ0n) is 17.8. The number of fused-ring (bicyclic) bond motifs is 2. The predicted octanol–water partition coefficient (Wildman–Crippen LogP) is 2.93. The average molecular weight is 418 g/mol. The maximum Gasteiger partial charge on any atom is 0.250 e. The summed E-state index contributed by atoms with van der Waals surface area (Å²) in [7, 11) is 3.80. The highest BCUT2D eigenvalue weighted by Gasteiger charge is 2.35. The number of phenolic OH excluding ortho intramolecular Hbond substituents is 1. The van der Waals surface area contributed by atoms with Gasteiger partial charge < -0.3 is 19.9 Å². The van der Waals surface area contributed by atoms with Crippen molar-refractivity contribution < 1.29 is 5.11 Å². The Morgan fingerprint density at radius 3 is 2.42 bits per heavy atom. The Labute approximate surface area is 181 Å². The van der Waals surface area contributed by atoms with Gasteiger partial charge in [0.2, 0.25) is 0 Å². The van der Waals surface area contributed by atoms with Crippen molar-refractivity contribution in [3.63, 3.8) is 0 Å². The van der Waals surface area contributed by atoms with E-state index < -0.39 is 0 Å². The van der Waals surface area contributed by atoms with Crippen molar-refractivity contribution in [1.29, 1.82) is 0 Å². The van der Waals surface area contributed by atoms with E-state index in [9.17, 15) is 9.90 Å². The third kappa shape index (κ3) is 3.81. The fraction of sp³-hybridized carbons (Fsp3) is 0.375. The number of aromatic nitrogens is 3. The van der Waals surface area contributed by atoms with Crippen molar-refractivity contribution in [3.8, 4) is 28.1 Å². The first-order chi connectivity index (χ1) is 15.0. The number of hydrogen-bond donors (Lipinski definition) is 2. The quantitative estimate of drug-likeness (QED) is 0.679. The number of pyridine rings is 1. The van der Waals surface area contributed by atoms with Crippen LogP contribution >= 0.6 is 0 Å². The van der Waals surface area contributed by atoms with Crippen molar-refractivity contribution in [1.82, 2.24) is 20.1 Å². The summed E-state index contributed by atoms with van der Waals surface area (Å²) in [6.07, 6.45) is 6.54. The summed E-state index contributed by atoms with van der Waals surface area (Å²) in [5, 5.41) is 23.1. The molecule has 7 nitrogen and oxygen atoms in total. The van der Waals surface area contributed by atoms with Crippen LogP contribution in [0.1, 0.15) is 25.7 Å². The molecule has 3 atom stereocenters. The number of aromatic hydroxyl groups is 1. The van der Waals surface area contributed by atoms with Crippen molar-refractivity contribution in [3.05, 3.63) is 59.0 Å². The van der Waals surface area contributed by atoms with E-state index in [-0.39, 0.29) is 11.3 Å². The zero-order valence-corrected chi connectivity index (χ0v) is 17.8. The van der Waals surface area contributed by atoms with Gasteiger partial charge in [-0.3, -0.25) is 4.79 Å². The minimum atomic E-state index is -0.0894. The molecule has 31 heavy (non-hydrogen) atoms. The summed E-state index contributed by atoms with van der Waals surface area (Å²) < 4.78 is 1.51. The number of phenols is 1. The molecule has 0 saturated carbocycles. The van der Waals surface area contributed by atoms with E-state index in [1.54, 1.807) is 25.4 Å². The average Bonchev–Trinajstić information content (AvgIpc) is 3.12. The third-order valence-corrected chi connectivity index (χ3v) is 6.72. The van der Waals surface area contributed by atoms with Crippen LogP contribution in [0.25, 0.3) is 22.4 Å². The molecule has 4 heterocycles. The number of rotatable bonds is 4. The second-order valence-electron chi connectivity index (χ2n) is 8.75. The van der Waals surface area contributed by atoms with Gasteiger partial charge in [0, 0.05) is 50.0 Å². The van der Waals surface area contributed by atoms with Gasteiger partial charge in [0.25, 0.3) is 5.56 Å². The topological polar surface area (TPSA) is 83.3 Å². The van der Waals surface area contributed by atoms with Gasteiger partial charge in [0.15, 0.2) is 5.82 Å². The van der Waals surface area contributed by atoms with E-state index in [0.29, 0.717) is 29.4 Å². The van der Waals surface area contributed by atoms with Crippen molar-refractivity contribution in [2.75, 3.05) is 11.9 Å². The summed E-state index contributed by atoms with van der Waals surface area (Å²) >= 11 is 0. The molecule has 2 N–H and O–H groups in total. The number of piperidine rings is 1. The van der Waals surface area contributed by atoms with Crippen molar-refractivity contribution in [2.24, 2.45) is 7.05 Å². The van der Waals surface area contributed by atoms with Crippen LogP contribution < -0.4 is 15.8 Å². The maximum absolute atomic E-state index is 11.9. The van der Waals surface area contributed by atoms with E-state index >= 15 is 0 Å². The number of nitrogens with zero attached hydrogens (tertiary/aromatic N) is 4. The Morgan fingerprint density at radius 2 is 1.77 bits per heavy atom. The SMILES string of the molecule is CN(c1ccc(-c2ccc(-c3ccn(C)c(=O)c3)cc2O)nn1)C1CC2CC[C@H](C1)N2. The summed E-state index contributed by atoms with van der Waals surface area (Å²) in [5.41, 5.74) is 2.70. The molecule has 0 spiro atoms. The third-order valence-electron chi connectivity index (χ3n) is 6.72. The summed E-state index contributed by atoms with van der Waals surface area (Å²) in [4.78, 5) is 14.1. The molecule has 0 aliphatic carbocycles. The number of anilines is 1. The predicted molar refractivity (Wildman–Crippen MR) is 121 cm³/mol.